The van der Waals surface area contributed by atoms with Gasteiger partial charge in [-0.3, -0.25) is 5.21 Å². The van der Waals surface area contributed by atoms with Gasteiger partial charge in [-0.25, -0.2) is 0 Å². The van der Waals surface area contributed by atoms with Crippen molar-refractivity contribution in [3.8, 4) is 0 Å². The van der Waals surface area contributed by atoms with Gasteiger partial charge in [-0.2, -0.15) is 0 Å². The number of hydrogen-bond acceptors (Lipinski definition) is 2. The molecule has 1 heterocycles. The first-order chi connectivity index (χ1) is 5.69. The monoisotopic (exact) mass is 167 g/mol. The number of nitrogens with two attached hydrogens (primary N) is 1. The van der Waals surface area contributed by atoms with Crippen LogP contribution in [0.2, 0.25) is 0 Å². The van der Waals surface area contributed by atoms with Gasteiger partial charge in [0, 0.05) is 15.9 Å². The predicted molar refractivity (Wildman–Crippen MR) is 45.8 cm³/mol. The minimum Gasteiger partial charge on any atom is -0.321 e. The van der Waals surface area contributed by atoms with Gasteiger partial charge in [-0.05, 0) is 19.4 Å². The molecule has 12 heavy (non-hydrogen) atoms. The van der Waals surface area contributed by atoms with Crippen LogP contribution in [0.15, 0.2) is 12.3 Å². The summed E-state index contributed by atoms with van der Waals surface area (Å²) in [5.41, 5.74) is 8.45. The van der Waals surface area contributed by atoms with Crippen LogP contribution in [0.5, 0.6) is 0 Å². The van der Waals surface area contributed by atoms with Crippen molar-refractivity contribution in [2.24, 2.45) is 5.73 Å². The second-order valence-electron chi connectivity index (χ2n) is 2.89. The third-order valence-corrected chi connectivity index (χ3v) is 1.95. The molecular weight excluding hydrogens is 152 g/mol. The minimum atomic E-state index is 0.375. The van der Waals surface area contributed by atoms with Crippen molar-refractivity contribution in [3.63, 3.8) is 0 Å². The van der Waals surface area contributed by atoms with Crippen LogP contribution in [-0.4, -0.2) is 5.21 Å². The molecule has 1 aromatic rings. The fourth-order valence-corrected chi connectivity index (χ4v) is 1.34. The molecule has 0 saturated heterocycles. The maximum Gasteiger partial charge on any atom is 0.250 e. The molecular formula is C9H15N2O+. The van der Waals surface area contributed by atoms with Crippen LogP contribution < -0.4 is 10.5 Å². The highest BCUT2D eigenvalue weighted by Crippen LogP contribution is 2.06. The van der Waals surface area contributed by atoms with Crippen LogP contribution >= 0.6 is 0 Å². The molecule has 0 aromatic carbocycles. The largest absolute Gasteiger partial charge is 0.321 e. The molecule has 0 spiro atoms. The highest BCUT2D eigenvalue weighted by Gasteiger charge is 2.13. The zero-order chi connectivity index (χ0) is 9.14. The van der Waals surface area contributed by atoms with Crippen molar-refractivity contribution in [1.82, 2.24) is 0 Å². The summed E-state index contributed by atoms with van der Waals surface area (Å²) in [4.78, 5) is 0. The summed E-state index contributed by atoms with van der Waals surface area (Å²) < 4.78 is 1.12. The Morgan fingerprint density at radius 3 is 2.75 bits per heavy atom. The van der Waals surface area contributed by atoms with E-state index in [0.29, 0.717) is 6.54 Å². The number of aryl methyl sites for hydroxylation is 2. The highest BCUT2D eigenvalue weighted by molar-refractivity contribution is 5.20. The summed E-state index contributed by atoms with van der Waals surface area (Å²) in [5, 5.41) is 9.44. The van der Waals surface area contributed by atoms with E-state index in [9.17, 15) is 5.21 Å². The summed E-state index contributed by atoms with van der Waals surface area (Å²) in [7, 11) is 0. The molecule has 3 heteroatoms. The van der Waals surface area contributed by atoms with Gasteiger partial charge >= 0.3 is 0 Å². The summed E-state index contributed by atoms with van der Waals surface area (Å²) in [5.74, 6) is 0. The molecule has 1 rings (SSSR count). The third-order valence-electron chi connectivity index (χ3n) is 1.95. The Bertz CT molecular complexity index is 284. The molecule has 0 saturated carbocycles. The van der Waals surface area contributed by atoms with Gasteiger partial charge in [0.05, 0.1) is 6.54 Å². The fraction of sp³-hybridized carbons (Fsp3) is 0.444. The number of pyridine rings is 1. The summed E-state index contributed by atoms with van der Waals surface area (Å²) >= 11 is 0. The van der Waals surface area contributed by atoms with Gasteiger partial charge in [0.1, 0.15) is 0 Å². The van der Waals surface area contributed by atoms with E-state index in [-0.39, 0.29) is 0 Å². The molecule has 0 bridgehead atoms. The van der Waals surface area contributed by atoms with E-state index in [0.717, 1.165) is 28.0 Å². The fourth-order valence-electron chi connectivity index (χ4n) is 1.34. The van der Waals surface area contributed by atoms with Gasteiger partial charge in [-0.15, -0.1) is 0 Å². The lowest BCUT2D eigenvalue weighted by atomic mass is 10.1. The standard InChI is InChI=1S/C9H15N2O/c1-3-8-4-7(2)6-11(12)9(8)5-10/h4,6,12H,3,5,10H2,1-2H3/q+1. The van der Waals surface area contributed by atoms with Crippen molar-refractivity contribution < 1.29 is 9.94 Å². The van der Waals surface area contributed by atoms with Crippen LogP contribution in [-0.2, 0) is 13.0 Å². The first kappa shape index (κ1) is 9.00. The first-order valence-corrected chi connectivity index (χ1v) is 4.12. The number of aromatic nitrogens is 1. The Morgan fingerprint density at radius 2 is 2.25 bits per heavy atom. The topological polar surface area (TPSA) is 50.1 Å². The molecule has 0 atom stereocenters. The minimum absolute atomic E-state index is 0.375. The molecule has 0 fully saturated rings. The molecule has 0 aliphatic carbocycles. The second kappa shape index (κ2) is 3.54. The molecule has 3 N–H and O–H groups in total. The lowest BCUT2D eigenvalue weighted by Gasteiger charge is -2.01. The number of nitrogens with zero attached hydrogens (tertiary/aromatic N) is 1. The molecule has 0 unspecified atom stereocenters. The van der Waals surface area contributed by atoms with Gasteiger partial charge in [-0.1, -0.05) is 6.92 Å². The van der Waals surface area contributed by atoms with Gasteiger partial charge in [0.2, 0.25) is 6.20 Å². The maximum absolute atomic E-state index is 9.44. The quantitative estimate of drug-likeness (QED) is 0.499. The number of hydrogen-bond donors (Lipinski definition) is 2. The number of rotatable bonds is 2. The SMILES string of the molecule is CCc1cc(C)c[n+](O)c1CN. The van der Waals surface area contributed by atoms with E-state index in [2.05, 4.69) is 6.07 Å². The molecule has 0 aliphatic heterocycles. The van der Waals surface area contributed by atoms with E-state index in [1.54, 1.807) is 6.20 Å². The molecule has 66 valence electrons. The van der Waals surface area contributed by atoms with E-state index in [1.165, 1.54) is 0 Å². The van der Waals surface area contributed by atoms with Crippen LogP contribution in [0.25, 0.3) is 0 Å². The van der Waals surface area contributed by atoms with E-state index < -0.39 is 0 Å². The summed E-state index contributed by atoms with van der Waals surface area (Å²) in [6.45, 7) is 4.38. The summed E-state index contributed by atoms with van der Waals surface area (Å²) in [6, 6.07) is 2.05. The summed E-state index contributed by atoms with van der Waals surface area (Å²) in [6.07, 6.45) is 2.57. The Labute approximate surface area is 72.4 Å². The van der Waals surface area contributed by atoms with Crippen LogP contribution in [0.3, 0.4) is 0 Å². The molecule has 0 aliphatic rings. The van der Waals surface area contributed by atoms with Gasteiger partial charge in [0.15, 0.2) is 0 Å². The van der Waals surface area contributed by atoms with Crippen molar-refractivity contribution >= 4 is 0 Å². The lowest BCUT2D eigenvalue weighted by Crippen LogP contribution is -2.38. The van der Waals surface area contributed by atoms with Gasteiger partial charge in [0.25, 0.3) is 5.69 Å². The molecule has 1 aromatic heterocycles. The van der Waals surface area contributed by atoms with E-state index in [4.69, 9.17) is 5.73 Å². The highest BCUT2D eigenvalue weighted by atomic mass is 16.5. The smallest absolute Gasteiger partial charge is 0.250 e. The van der Waals surface area contributed by atoms with Crippen LogP contribution in [0, 0.1) is 6.92 Å². The van der Waals surface area contributed by atoms with Crippen molar-refractivity contribution in [2.75, 3.05) is 0 Å². The average Bonchev–Trinajstić information content (AvgIpc) is 2.03. The second-order valence-corrected chi connectivity index (χ2v) is 2.89. The predicted octanol–water partition coefficient (Wildman–Crippen LogP) is 0.541. The first-order valence-electron chi connectivity index (χ1n) is 4.12. The molecule has 3 nitrogen and oxygen atoms in total. The average molecular weight is 167 g/mol. The van der Waals surface area contributed by atoms with Crippen molar-refractivity contribution in [2.45, 2.75) is 26.8 Å². The van der Waals surface area contributed by atoms with Crippen LogP contribution in [0.4, 0.5) is 0 Å². The van der Waals surface area contributed by atoms with Gasteiger partial charge < -0.3 is 5.73 Å². The van der Waals surface area contributed by atoms with E-state index in [1.807, 2.05) is 13.8 Å². The Balaban J connectivity index is 3.24. The Morgan fingerprint density at radius 1 is 1.58 bits per heavy atom. The third kappa shape index (κ3) is 1.56. The Hall–Kier alpha value is -1.09. The molecule has 0 radical (unpaired) electrons. The Kier molecular flexibility index (Phi) is 2.65. The lowest BCUT2D eigenvalue weighted by molar-refractivity contribution is -0.910. The normalized spacial score (nSPS) is 10.2. The van der Waals surface area contributed by atoms with E-state index >= 15 is 0 Å². The maximum atomic E-state index is 9.44. The van der Waals surface area contributed by atoms with Crippen LogP contribution in [0.1, 0.15) is 23.7 Å². The zero-order valence-electron chi connectivity index (χ0n) is 7.54. The van der Waals surface area contributed by atoms with Crippen molar-refractivity contribution in [1.29, 1.82) is 0 Å². The zero-order valence-corrected chi connectivity index (χ0v) is 7.54. The molecule has 0 amide bonds. The van der Waals surface area contributed by atoms with Crippen molar-refractivity contribution in [3.05, 3.63) is 29.1 Å².